The van der Waals surface area contributed by atoms with Gasteiger partial charge < -0.3 is 14.2 Å². The summed E-state index contributed by atoms with van der Waals surface area (Å²) in [5.41, 5.74) is 14.0. The molecule has 0 atom stereocenters. The van der Waals surface area contributed by atoms with E-state index in [1.807, 2.05) is 24.3 Å². The summed E-state index contributed by atoms with van der Waals surface area (Å²) in [6, 6.07) is 57.1. The summed E-state index contributed by atoms with van der Waals surface area (Å²) in [4.78, 5) is 10.5. The Balaban J connectivity index is 1.14. The number of pyridine rings is 2. The molecule has 0 unspecified atom stereocenters. The van der Waals surface area contributed by atoms with Crippen LogP contribution in [-0.2, 0) is 6.42 Å². The lowest BCUT2D eigenvalue weighted by Gasteiger charge is -2.14. The molecular weight excluding hydrogens is 661 g/mol. The molecule has 5 heteroatoms. The highest BCUT2D eigenvalue weighted by Gasteiger charge is 2.22. The number of allylic oxidation sites excluding steroid dienone is 1. The fourth-order valence-corrected chi connectivity index (χ4v) is 8.38. The number of nitrogens with zero attached hydrogens (tertiary/aromatic N) is 4. The molecule has 0 saturated heterocycles. The van der Waals surface area contributed by atoms with Gasteiger partial charge in [-0.25, -0.2) is 9.97 Å². The first-order valence-corrected chi connectivity index (χ1v) is 18.3. The van der Waals surface area contributed by atoms with E-state index < -0.39 is 0 Å². The second-order valence-electron chi connectivity index (χ2n) is 13.9. The Labute approximate surface area is 311 Å². The normalized spacial score (nSPS) is 12.4. The molecule has 54 heavy (non-hydrogen) atoms. The summed E-state index contributed by atoms with van der Waals surface area (Å²) in [5.74, 6) is 0.208. The second kappa shape index (κ2) is 11.9. The third kappa shape index (κ3) is 4.58. The first-order valence-electron chi connectivity index (χ1n) is 18.3. The summed E-state index contributed by atoms with van der Waals surface area (Å²) in [7, 11) is 0. The number of fused-ring (bicyclic) bond motifs is 10. The molecule has 254 valence electrons. The first-order chi connectivity index (χ1) is 26.7. The Kier molecular flexibility index (Phi) is 6.70. The minimum absolute atomic E-state index is 0.208. The highest BCUT2D eigenvalue weighted by Crippen LogP contribution is 2.42. The van der Waals surface area contributed by atoms with E-state index in [0.717, 1.165) is 57.1 Å². The molecule has 1 aliphatic rings. The van der Waals surface area contributed by atoms with Crippen LogP contribution in [0.4, 0.5) is 0 Å². The summed E-state index contributed by atoms with van der Waals surface area (Å²) in [5, 5.41) is 15.5. The first kappa shape index (κ1) is 30.4. The van der Waals surface area contributed by atoms with Crippen molar-refractivity contribution in [2.24, 2.45) is 0 Å². The number of para-hydroxylation sites is 4. The van der Waals surface area contributed by atoms with Crippen molar-refractivity contribution in [1.82, 2.24) is 19.1 Å². The van der Waals surface area contributed by atoms with Gasteiger partial charge in [-0.2, -0.15) is 0 Å². The zero-order chi connectivity index (χ0) is 35.8. The van der Waals surface area contributed by atoms with Gasteiger partial charge in [-0.1, -0.05) is 115 Å². The number of aromatic hydroxyl groups is 1. The van der Waals surface area contributed by atoms with Crippen LogP contribution in [0.3, 0.4) is 0 Å². The van der Waals surface area contributed by atoms with E-state index in [-0.39, 0.29) is 5.75 Å². The van der Waals surface area contributed by atoms with Gasteiger partial charge in [0.1, 0.15) is 5.75 Å². The van der Waals surface area contributed by atoms with Gasteiger partial charge in [0.05, 0.1) is 44.8 Å². The maximum absolute atomic E-state index is 10.6. The Morgan fingerprint density at radius 3 is 1.87 bits per heavy atom. The van der Waals surface area contributed by atoms with E-state index in [1.54, 1.807) is 6.07 Å². The van der Waals surface area contributed by atoms with Crippen LogP contribution >= 0.6 is 0 Å². The molecule has 1 aliphatic carbocycles. The Morgan fingerprint density at radius 1 is 0.481 bits per heavy atom. The molecule has 4 heterocycles. The summed E-state index contributed by atoms with van der Waals surface area (Å²) < 4.78 is 4.85. The molecule has 0 fully saturated rings. The molecule has 0 amide bonds. The maximum atomic E-state index is 10.6. The molecular formula is C49H32N4O. The molecule has 4 aromatic heterocycles. The molecule has 5 nitrogen and oxygen atoms in total. The predicted octanol–water partition coefficient (Wildman–Crippen LogP) is 11.9. The molecule has 0 spiro atoms. The van der Waals surface area contributed by atoms with E-state index in [1.165, 1.54) is 38.1 Å². The van der Waals surface area contributed by atoms with Gasteiger partial charge >= 0.3 is 0 Å². The Hall–Kier alpha value is -7.24. The van der Waals surface area contributed by atoms with Crippen LogP contribution in [0.1, 0.15) is 11.1 Å². The molecule has 11 rings (SSSR count). The molecule has 0 radical (unpaired) electrons. The van der Waals surface area contributed by atoms with E-state index in [4.69, 9.17) is 9.97 Å². The number of hydrogen-bond donors (Lipinski definition) is 1. The number of rotatable bonds is 4. The SMILES string of the molecule is Oc1ccccc1-c1ccc2c(n1)-c1nc(-c3cccc(-n4c5ccccc5c5ccc6c7ccccc7n(-c7ccccc7)c6c54)c3)ccc1CC=C2. The molecule has 0 saturated carbocycles. The highest BCUT2D eigenvalue weighted by molar-refractivity contribution is 6.23. The zero-order valence-electron chi connectivity index (χ0n) is 29.2. The maximum Gasteiger partial charge on any atom is 0.124 e. The third-order valence-electron chi connectivity index (χ3n) is 10.8. The highest BCUT2D eigenvalue weighted by atomic mass is 16.3. The quantitative estimate of drug-likeness (QED) is 0.200. The van der Waals surface area contributed by atoms with Crippen molar-refractivity contribution in [3.8, 4) is 51.0 Å². The Morgan fingerprint density at radius 2 is 1.11 bits per heavy atom. The van der Waals surface area contributed by atoms with Crippen molar-refractivity contribution in [3.05, 3.63) is 181 Å². The summed E-state index contributed by atoms with van der Waals surface area (Å²) >= 11 is 0. The van der Waals surface area contributed by atoms with Crippen molar-refractivity contribution in [1.29, 1.82) is 0 Å². The average Bonchev–Trinajstić information content (AvgIpc) is 3.68. The standard InChI is InChI=1S/C49H32N4O/c54-45-23-9-6-20-40(45)42-29-25-32-13-10-12-31-24-28-41(50-46(31)47(32)51-42)33-14-11-17-35(30-33)53-44-22-8-5-19-37(44)39-27-26-38-36-18-4-7-21-43(36)52(48(38)49(39)53)34-15-2-1-3-16-34/h1-11,13-30,54H,12H2. The summed E-state index contributed by atoms with van der Waals surface area (Å²) in [6.45, 7) is 0. The van der Waals surface area contributed by atoms with E-state index in [0.29, 0.717) is 11.3 Å². The average molecular weight is 693 g/mol. The van der Waals surface area contributed by atoms with Crippen molar-refractivity contribution in [3.63, 3.8) is 0 Å². The van der Waals surface area contributed by atoms with Gasteiger partial charge in [0, 0.05) is 49.6 Å². The molecule has 10 aromatic rings. The molecule has 6 aromatic carbocycles. The van der Waals surface area contributed by atoms with Gasteiger partial charge in [0.2, 0.25) is 0 Å². The van der Waals surface area contributed by atoms with Gasteiger partial charge in [-0.05, 0) is 72.6 Å². The molecule has 1 N–H and O–H groups in total. The minimum Gasteiger partial charge on any atom is -0.507 e. The molecule has 0 bridgehead atoms. The number of aromatic nitrogens is 4. The Bertz CT molecular complexity index is 3150. The lowest BCUT2D eigenvalue weighted by Crippen LogP contribution is -2.00. The monoisotopic (exact) mass is 692 g/mol. The summed E-state index contributed by atoms with van der Waals surface area (Å²) in [6.07, 6.45) is 5.06. The van der Waals surface area contributed by atoms with Crippen LogP contribution < -0.4 is 0 Å². The number of phenols is 1. The topological polar surface area (TPSA) is 55.9 Å². The minimum atomic E-state index is 0.208. The van der Waals surface area contributed by atoms with Crippen molar-refractivity contribution in [2.45, 2.75) is 6.42 Å². The van der Waals surface area contributed by atoms with Crippen molar-refractivity contribution >= 4 is 49.7 Å². The van der Waals surface area contributed by atoms with Crippen LogP contribution in [-0.4, -0.2) is 24.2 Å². The smallest absolute Gasteiger partial charge is 0.124 e. The van der Waals surface area contributed by atoms with E-state index in [9.17, 15) is 5.11 Å². The molecule has 0 aliphatic heterocycles. The van der Waals surface area contributed by atoms with E-state index in [2.05, 4.69) is 155 Å². The number of benzene rings is 6. The van der Waals surface area contributed by atoms with Crippen LogP contribution in [0.25, 0.3) is 95.0 Å². The largest absolute Gasteiger partial charge is 0.507 e. The van der Waals surface area contributed by atoms with Crippen molar-refractivity contribution in [2.75, 3.05) is 0 Å². The van der Waals surface area contributed by atoms with Crippen LogP contribution in [0.2, 0.25) is 0 Å². The van der Waals surface area contributed by atoms with Gasteiger partial charge in [-0.3, -0.25) is 0 Å². The van der Waals surface area contributed by atoms with Crippen LogP contribution in [0.15, 0.2) is 170 Å². The van der Waals surface area contributed by atoms with E-state index >= 15 is 0 Å². The van der Waals surface area contributed by atoms with Gasteiger partial charge in [0.15, 0.2) is 0 Å². The lowest BCUT2D eigenvalue weighted by molar-refractivity contribution is 0.477. The zero-order valence-corrected chi connectivity index (χ0v) is 29.2. The van der Waals surface area contributed by atoms with Crippen molar-refractivity contribution < 1.29 is 5.11 Å². The lowest BCUT2D eigenvalue weighted by atomic mass is 10.0. The van der Waals surface area contributed by atoms with Gasteiger partial charge in [-0.15, -0.1) is 0 Å². The van der Waals surface area contributed by atoms with Crippen LogP contribution in [0, 0.1) is 0 Å². The second-order valence-corrected chi connectivity index (χ2v) is 13.9. The van der Waals surface area contributed by atoms with Crippen LogP contribution in [0.5, 0.6) is 5.75 Å². The van der Waals surface area contributed by atoms with Gasteiger partial charge in [0.25, 0.3) is 0 Å². The number of hydrogen-bond acceptors (Lipinski definition) is 3. The number of phenolic OH excluding ortho intramolecular Hbond substituents is 1. The third-order valence-corrected chi connectivity index (χ3v) is 10.8. The fourth-order valence-electron chi connectivity index (χ4n) is 8.38. The predicted molar refractivity (Wildman–Crippen MR) is 221 cm³/mol. The fraction of sp³-hybridized carbons (Fsp3) is 0.0204.